The van der Waals surface area contributed by atoms with Crippen molar-refractivity contribution in [2.45, 2.75) is 34.8 Å². The number of carbonyl (C=O) groups is 1. The number of halogens is 1. The summed E-state index contributed by atoms with van der Waals surface area (Å²) in [7, 11) is 1.62. The number of thioether (sulfide) groups is 1. The molecule has 1 aliphatic heterocycles. The van der Waals surface area contributed by atoms with Gasteiger partial charge in [0.1, 0.15) is 0 Å². The molecule has 0 aromatic heterocycles. The van der Waals surface area contributed by atoms with E-state index in [1.165, 1.54) is 12.1 Å². The minimum Gasteiger partial charge on any atom is -0.310 e. The second-order valence-electron chi connectivity index (χ2n) is 5.22. The van der Waals surface area contributed by atoms with Crippen molar-refractivity contribution >= 4 is 43.1 Å². The van der Waals surface area contributed by atoms with E-state index in [0.717, 1.165) is 17.7 Å². The molecule has 1 aliphatic carbocycles. The molecule has 0 N–H and O–H groups in total. The highest BCUT2D eigenvalue weighted by atomic mass is 35.7. The molecule has 2 aliphatic rings. The Balaban J connectivity index is 2.05. The lowest BCUT2D eigenvalue weighted by Gasteiger charge is -2.33. The van der Waals surface area contributed by atoms with E-state index in [1.807, 2.05) is 0 Å². The van der Waals surface area contributed by atoms with Crippen LogP contribution in [0.4, 0.5) is 5.69 Å². The van der Waals surface area contributed by atoms with Gasteiger partial charge in [-0.1, -0.05) is 6.92 Å². The highest BCUT2D eigenvalue weighted by molar-refractivity contribution is 8.13. The quantitative estimate of drug-likeness (QED) is 0.782. The number of anilines is 1. The average Bonchev–Trinajstić information content (AvgIpc) is 3.19. The fraction of sp³-hybridized carbons (Fsp3) is 0.462. The second kappa shape index (κ2) is 4.93. The number of benzene rings is 1. The molecular weight excluding hydrogens is 318 g/mol. The summed E-state index contributed by atoms with van der Waals surface area (Å²) in [6, 6.07) is 4.74. The standard InChI is InChI=1S/C13H14ClNO3S2/c1-8-7-15(13(16)9-2-3-9)11-6-10(20(14,17)18)4-5-12(11)19-8/h4-6,8-9H,2-3,7H2,1H3/t8-/m1/s1. The first kappa shape index (κ1) is 14.2. The van der Waals surface area contributed by atoms with Crippen LogP contribution >= 0.6 is 22.4 Å². The predicted octanol–water partition coefficient (Wildman–Crippen LogP) is 2.85. The van der Waals surface area contributed by atoms with Crippen LogP contribution in [0.2, 0.25) is 0 Å². The number of amides is 1. The molecule has 4 nitrogen and oxygen atoms in total. The van der Waals surface area contributed by atoms with Crippen LogP contribution in [0.1, 0.15) is 19.8 Å². The molecule has 1 saturated carbocycles. The Kier molecular flexibility index (Phi) is 3.51. The molecule has 7 heteroatoms. The fourth-order valence-electron chi connectivity index (χ4n) is 2.33. The molecule has 1 aromatic rings. The largest absolute Gasteiger partial charge is 0.310 e. The molecule has 0 radical (unpaired) electrons. The Morgan fingerprint density at radius 2 is 2.10 bits per heavy atom. The van der Waals surface area contributed by atoms with Crippen molar-refractivity contribution < 1.29 is 13.2 Å². The summed E-state index contributed by atoms with van der Waals surface area (Å²) in [5.41, 5.74) is 0.673. The van der Waals surface area contributed by atoms with Crippen LogP contribution in [0.3, 0.4) is 0 Å². The third-order valence-corrected chi connectivity index (χ3v) is 5.97. The van der Waals surface area contributed by atoms with Gasteiger partial charge in [-0.25, -0.2) is 8.42 Å². The monoisotopic (exact) mass is 331 g/mol. The molecule has 1 heterocycles. The Morgan fingerprint density at radius 3 is 2.70 bits per heavy atom. The SMILES string of the molecule is C[C@@H]1CN(C(=O)C2CC2)c2cc(S(=O)(=O)Cl)ccc2S1. The summed E-state index contributed by atoms with van der Waals surface area (Å²) in [6.07, 6.45) is 1.86. The predicted molar refractivity (Wildman–Crippen MR) is 79.9 cm³/mol. The van der Waals surface area contributed by atoms with Gasteiger partial charge in [0.15, 0.2) is 0 Å². The molecule has 1 amide bonds. The van der Waals surface area contributed by atoms with E-state index in [0.29, 0.717) is 17.5 Å². The molecule has 0 spiro atoms. The van der Waals surface area contributed by atoms with Crippen LogP contribution in [0.25, 0.3) is 0 Å². The zero-order chi connectivity index (χ0) is 14.5. The summed E-state index contributed by atoms with van der Waals surface area (Å²) >= 11 is 1.65. The third kappa shape index (κ3) is 2.69. The minimum atomic E-state index is -3.78. The first-order valence-electron chi connectivity index (χ1n) is 6.43. The second-order valence-corrected chi connectivity index (χ2v) is 9.27. The van der Waals surface area contributed by atoms with Crippen LogP contribution in [0.5, 0.6) is 0 Å². The van der Waals surface area contributed by atoms with Gasteiger partial charge in [0, 0.05) is 33.3 Å². The Morgan fingerprint density at radius 1 is 1.40 bits per heavy atom. The fourth-order valence-corrected chi connectivity index (χ4v) is 4.19. The van der Waals surface area contributed by atoms with Gasteiger partial charge in [-0.2, -0.15) is 0 Å². The van der Waals surface area contributed by atoms with E-state index < -0.39 is 9.05 Å². The van der Waals surface area contributed by atoms with Gasteiger partial charge < -0.3 is 4.90 Å². The van der Waals surface area contributed by atoms with Gasteiger partial charge in [0.05, 0.1) is 10.6 Å². The maximum absolute atomic E-state index is 12.4. The maximum atomic E-state index is 12.4. The van der Waals surface area contributed by atoms with Gasteiger partial charge >= 0.3 is 0 Å². The van der Waals surface area contributed by atoms with Crippen LogP contribution in [0, 0.1) is 5.92 Å². The lowest BCUT2D eigenvalue weighted by Crippen LogP contribution is -2.39. The molecule has 108 valence electrons. The van der Waals surface area contributed by atoms with E-state index in [-0.39, 0.29) is 16.7 Å². The topological polar surface area (TPSA) is 54.5 Å². The van der Waals surface area contributed by atoms with Gasteiger partial charge in [0.2, 0.25) is 5.91 Å². The van der Waals surface area contributed by atoms with Gasteiger partial charge in [-0.15, -0.1) is 11.8 Å². The van der Waals surface area contributed by atoms with Crippen molar-refractivity contribution in [2.75, 3.05) is 11.4 Å². The van der Waals surface area contributed by atoms with Crippen molar-refractivity contribution in [3.05, 3.63) is 18.2 Å². The summed E-state index contributed by atoms with van der Waals surface area (Å²) < 4.78 is 22.9. The smallest absolute Gasteiger partial charge is 0.261 e. The average molecular weight is 332 g/mol. The summed E-state index contributed by atoms with van der Waals surface area (Å²) in [5, 5.41) is 0.295. The highest BCUT2D eigenvalue weighted by Gasteiger charge is 2.37. The van der Waals surface area contributed by atoms with Crippen molar-refractivity contribution in [2.24, 2.45) is 5.92 Å². The lowest BCUT2D eigenvalue weighted by molar-refractivity contribution is -0.119. The van der Waals surface area contributed by atoms with Gasteiger partial charge in [0.25, 0.3) is 9.05 Å². The minimum absolute atomic E-state index is 0.0432. The molecule has 0 unspecified atom stereocenters. The van der Waals surface area contributed by atoms with Gasteiger partial charge in [-0.3, -0.25) is 4.79 Å². The zero-order valence-electron chi connectivity index (χ0n) is 10.9. The normalized spacial score (nSPS) is 22.5. The summed E-state index contributed by atoms with van der Waals surface area (Å²) in [4.78, 5) is 15.1. The Bertz CT molecular complexity index is 670. The number of hydrogen-bond acceptors (Lipinski definition) is 4. The first-order valence-corrected chi connectivity index (χ1v) is 9.62. The van der Waals surface area contributed by atoms with Crippen molar-refractivity contribution in [3.8, 4) is 0 Å². The van der Waals surface area contributed by atoms with Crippen molar-refractivity contribution in [1.29, 1.82) is 0 Å². The number of hydrogen-bond donors (Lipinski definition) is 0. The van der Waals surface area contributed by atoms with E-state index >= 15 is 0 Å². The molecule has 3 rings (SSSR count). The van der Waals surface area contributed by atoms with Crippen LogP contribution < -0.4 is 4.90 Å². The number of fused-ring (bicyclic) bond motifs is 1. The lowest BCUT2D eigenvalue weighted by atomic mass is 10.2. The van der Waals surface area contributed by atoms with E-state index in [4.69, 9.17) is 10.7 Å². The number of rotatable bonds is 2. The molecular formula is C13H14ClNO3S2. The molecule has 1 fully saturated rings. The van der Waals surface area contributed by atoms with Crippen LogP contribution in [0.15, 0.2) is 28.0 Å². The molecule has 0 saturated heterocycles. The third-order valence-electron chi connectivity index (χ3n) is 3.46. The van der Waals surface area contributed by atoms with Crippen molar-refractivity contribution in [3.63, 3.8) is 0 Å². The number of carbonyl (C=O) groups excluding carboxylic acids is 1. The van der Waals surface area contributed by atoms with Gasteiger partial charge in [-0.05, 0) is 31.0 Å². The highest BCUT2D eigenvalue weighted by Crippen LogP contribution is 2.42. The molecule has 20 heavy (non-hydrogen) atoms. The van der Waals surface area contributed by atoms with E-state index in [9.17, 15) is 13.2 Å². The first-order chi connectivity index (χ1) is 9.36. The summed E-state index contributed by atoms with van der Waals surface area (Å²) in [5.74, 6) is 0.205. The molecule has 0 bridgehead atoms. The van der Waals surface area contributed by atoms with Crippen LogP contribution in [-0.4, -0.2) is 26.1 Å². The van der Waals surface area contributed by atoms with Crippen molar-refractivity contribution in [1.82, 2.24) is 0 Å². The zero-order valence-corrected chi connectivity index (χ0v) is 13.3. The molecule has 1 atom stereocenters. The molecule has 1 aromatic carbocycles. The number of nitrogens with zero attached hydrogens (tertiary/aromatic N) is 1. The van der Waals surface area contributed by atoms with E-state index in [2.05, 4.69) is 6.92 Å². The Labute approximate surface area is 126 Å². The van der Waals surface area contributed by atoms with Crippen LogP contribution in [-0.2, 0) is 13.8 Å². The maximum Gasteiger partial charge on any atom is 0.261 e. The Hall–Kier alpha value is -0.720. The van der Waals surface area contributed by atoms with E-state index in [1.54, 1.807) is 22.7 Å². The summed E-state index contributed by atoms with van der Waals surface area (Å²) in [6.45, 7) is 2.67.